The number of nitrogens with one attached hydrogen (secondary N) is 2. The number of imidazole rings is 1. The average molecular weight is 737 g/mol. The monoisotopic (exact) mass is 736 g/mol. The normalized spacial score (nSPS) is 21.9. The van der Waals surface area contributed by atoms with Crippen molar-refractivity contribution in [2.45, 2.75) is 70.5 Å². The van der Waals surface area contributed by atoms with Crippen molar-refractivity contribution in [3.63, 3.8) is 0 Å². The van der Waals surface area contributed by atoms with Crippen LogP contribution in [0.4, 0.5) is 26.0 Å². The number of likely N-dealkylation sites (tertiary alicyclic amines) is 1. The maximum atomic E-state index is 14.7. The first-order valence-electron chi connectivity index (χ1n) is 18.9. The first kappa shape index (κ1) is 35.8. The van der Waals surface area contributed by atoms with E-state index in [1.54, 1.807) is 36.1 Å². The highest BCUT2D eigenvalue weighted by Gasteiger charge is 2.32. The molecule has 8 rings (SSSR count). The fourth-order valence-electron chi connectivity index (χ4n) is 8.40. The van der Waals surface area contributed by atoms with E-state index in [-0.39, 0.29) is 23.3 Å². The van der Waals surface area contributed by atoms with Crippen molar-refractivity contribution in [3.05, 3.63) is 90.1 Å². The number of piperazine rings is 1. The van der Waals surface area contributed by atoms with Gasteiger partial charge in [0.15, 0.2) is 11.5 Å². The molecule has 0 bridgehead atoms. The average Bonchev–Trinajstić information content (AvgIpc) is 3.85. The molecule has 3 atom stereocenters. The smallest absolute Gasteiger partial charge is 0.234 e. The van der Waals surface area contributed by atoms with E-state index in [1.807, 2.05) is 23.0 Å². The predicted octanol–water partition coefficient (Wildman–Crippen LogP) is 5.68. The van der Waals surface area contributed by atoms with Gasteiger partial charge in [0, 0.05) is 93.7 Å². The summed E-state index contributed by atoms with van der Waals surface area (Å²) in [6, 6.07) is 11.8. The Morgan fingerprint density at radius 1 is 0.926 bits per heavy atom. The lowest BCUT2D eigenvalue weighted by atomic mass is 9.90. The molecule has 3 aliphatic heterocycles. The second-order valence-corrected chi connectivity index (χ2v) is 15.0. The number of hydrogen-bond donors (Lipinski definition) is 2. The molecule has 282 valence electrons. The highest BCUT2D eigenvalue weighted by Crippen LogP contribution is 2.31. The Kier molecular flexibility index (Phi) is 9.88. The number of carbonyl (C=O) groups is 2. The molecule has 3 aliphatic rings. The molecule has 0 radical (unpaired) electrons. The van der Waals surface area contributed by atoms with Crippen LogP contribution in [0, 0.1) is 18.6 Å². The minimum absolute atomic E-state index is 0.187. The Balaban J connectivity index is 0.824. The van der Waals surface area contributed by atoms with Crippen LogP contribution in [0.25, 0.3) is 16.9 Å². The lowest BCUT2D eigenvalue weighted by molar-refractivity contribution is -0.134. The Labute approximate surface area is 313 Å². The van der Waals surface area contributed by atoms with Crippen LogP contribution in [0.3, 0.4) is 0 Å². The Bertz CT molecular complexity index is 2150. The maximum absolute atomic E-state index is 14.7. The molecule has 54 heavy (non-hydrogen) atoms. The van der Waals surface area contributed by atoms with E-state index >= 15 is 0 Å². The summed E-state index contributed by atoms with van der Waals surface area (Å²) in [4.78, 5) is 40.5. The van der Waals surface area contributed by atoms with Crippen LogP contribution in [0.2, 0.25) is 0 Å². The van der Waals surface area contributed by atoms with Crippen molar-refractivity contribution in [2.24, 2.45) is 0 Å². The molecular formula is C40H46F2N10O2. The number of rotatable bonds is 9. The largest absolute Gasteiger partial charge is 0.368 e. The van der Waals surface area contributed by atoms with Crippen molar-refractivity contribution in [3.8, 4) is 11.3 Å². The fourth-order valence-corrected chi connectivity index (χ4v) is 8.40. The lowest BCUT2D eigenvalue weighted by Gasteiger charge is -2.46. The SMILES string of the molecule is Cc1cc(-c2cnc(Nc3cnn(C4CCN(CCN5[C@H](C)CN(c6ccc(C7CCC(=O)NC7=O)cc6)C[C@@H]5C)CC4)c3)c3nccn23)c(F)cc1F. The molecule has 6 heterocycles. The molecule has 2 N–H and O–H groups in total. The van der Waals surface area contributed by atoms with Crippen LogP contribution >= 0.6 is 0 Å². The van der Waals surface area contributed by atoms with Crippen LogP contribution in [-0.4, -0.2) is 97.1 Å². The summed E-state index contributed by atoms with van der Waals surface area (Å²) < 4.78 is 32.5. The molecule has 3 aromatic heterocycles. The summed E-state index contributed by atoms with van der Waals surface area (Å²) in [7, 11) is 0. The van der Waals surface area contributed by atoms with Crippen molar-refractivity contribution in [1.82, 2.24) is 39.3 Å². The number of fused-ring (bicyclic) bond motifs is 1. The fraction of sp³-hybridized carbons (Fsp3) is 0.425. The number of imide groups is 1. The molecule has 5 aromatic rings. The second-order valence-electron chi connectivity index (χ2n) is 15.0. The molecular weight excluding hydrogens is 691 g/mol. The molecule has 2 aromatic carbocycles. The third-order valence-electron chi connectivity index (χ3n) is 11.4. The van der Waals surface area contributed by atoms with Gasteiger partial charge < -0.3 is 15.1 Å². The molecule has 0 saturated carbocycles. The summed E-state index contributed by atoms with van der Waals surface area (Å²) in [6.45, 7) is 12.2. The van der Waals surface area contributed by atoms with E-state index in [0.29, 0.717) is 53.7 Å². The van der Waals surface area contributed by atoms with Gasteiger partial charge in [0.25, 0.3) is 0 Å². The van der Waals surface area contributed by atoms with Gasteiger partial charge >= 0.3 is 0 Å². The molecule has 3 saturated heterocycles. The second kappa shape index (κ2) is 14.9. The van der Waals surface area contributed by atoms with Gasteiger partial charge in [0.1, 0.15) is 11.6 Å². The third kappa shape index (κ3) is 7.19. The van der Waals surface area contributed by atoms with E-state index in [1.165, 1.54) is 11.8 Å². The maximum Gasteiger partial charge on any atom is 0.234 e. The van der Waals surface area contributed by atoms with Gasteiger partial charge in [-0.2, -0.15) is 5.10 Å². The van der Waals surface area contributed by atoms with E-state index in [2.05, 4.69) is 66.4 Å². The number of carbonyl (C=O) groups excluding carboxylic acids is 2. The van der Waals surface area contributed by atoms with Crippen LogP contribution in [0.5, 0.6) is 0 Å². The minimum atomic E-state index is -0.653. The van der Waals surface area contributed by atoms with Gasteiger partial charge in [-0.05, 0) is 69.4 Å². The molecule has 14 heteroatoms. The number of aryl methyl sites for hydroxylation is 1. The number of aromatic nitrogens is 5. The zero-order valence-corrected chi connectivity index (χ0v) is 30.9. The zero-order valence-electron chi connectivity index (χ0n) is 30.9. The van der Waals surface area contributed by atoms with Crippen LogP contribution in [0.15, 0.2) is 67.4 Å². The Morgan fingerprint density at radius 2 is 1.69 bits per heavy atom. The molecule has 0 aliphatic carbocycles. The minimum Gasteiger partial charge on any atom is -0.368 e. The molecule has 3 fully saturated rings. The van der Waals surface area contributed by atoms with Gasteiger partial charge in [-0.25, -0.2) is 18.7 Å². The molecule has 1 unspecified atom stereocenters. The summed E-state index contributed by atoms with van der Waals surface area (Å²) in [5.41, 5.74) is 4.55. The molecule has 2 amide bonds. The Hall–Kier alpha value is -5.21. The quantitative estimate of drug-likeness (QED) is 0.185. The van der Waals surface area contributed by atoms with Gasteiger partial charge in [-0.3, -0.25) is 28.9 Å². The number of hydrogen-bond acceptors (Lipinski definition) is 9. The zero-order chi connectivity index (χ0) is 37.5. The summed E-state index contributed by atoms with van der Waals surface area (Å²) in [5.74, 6) is -1.37. The molecule has 12 nitrogen and oxygen atoms in total. The van der Waals surface area contributed by atoms with E-state index in [0.717, 1.165) is 69.4 Å². The highest BCUT2D eigenvalue weighted by atomic mass is 19.1. The number of piperidine rings is 2. The van der Waals surface area contributed by atoms with Crippen LogP contribution in [0.1, 0.15) is 62.6 Å². The predicted molar refractivity (Wildman–Crippen MR) is 203 cm³/mol. The first-order valence-corrected chi connectivity index (χ1v) is 18.9. The molecule has 0 spiro atoms. The van der Waals surface area contributed by atoms with Crippen LogP contribution in [-0.2, 0) is 9.59 Å². The van der Waals surface area contributed by atoms with Crippen LogP contribution < -0.4 is 15.5 Å². The lowest BCUT2D eigenvalue weighted by Crippen LogP contribution is -2.58. The number of amides is 2. The van der Waals surface area contributed by atoms with Gasteiger partial charge in [0.05, 0.1) is 35.7 Å². The first-order chi connectivity index (χ1) is 26.1. The van der Waals surface area contributed by atoms with Gasteiger partial charge in [-0.1, -0.05) is 12.1 Å². The summed E-state index contributed by atoms with van der Waals surface area (Å²) >= 11 is 0. The van der Waals surface area contributed by atoms with Crippen molar-refractivity contribution in [1.29, 1.82) is 0 Å². The van der Waals surface area contributed by atoms with E-state index in [9.17, 15) is 18.4 Å². The number of halogens is 2. The van der Waals surface area contributed by atoms with Crippen molar-refractivity contribution >= 4 is 34.7 Å². The number of benzene rings is 2. The number of anilines is 3. The number of nitrogens with zero attached hydrogens (tertiary/aromatic N) is 8. The topological polar surface area (TPSA) is 116 Å². The summed E-state index contributed by atoms with van der Waals surface area (Å²) in [5, 5.41) is 10.5. The van der Waals surface area contributed by atoms with Crippen molar-refractivity contribution in [2.75, 3.05) is 49.5 Å². The standard InChI is InChI=1S/C40H46F2N10O2/c1-25-18-33(35(42)19-34(25)41)36-21-44-38(39-43-12-15-51(36)39)46-29-20-45-52(24-29)31-10-13-48(14-11-31)16-17-50-26(2)22-49(23-27(50)3)30-6-4-28(5-7-30)32-8-9-37(53)47-40(32)54/h4-7,12,15,18-21,24,26-27,31-32H,8-11,13-14,16-17,22-23H2,1-3H3,(H,44,46)(H,47,53,54)/t26-,27+,32?. The Morgan fingerprint density at radius 3 is 2.43 bits per heavy atom. The van der Waals surface area contributed by atoms with Gasteiger partial charge in [-0.15, -0.1) is 0 Å². The van der Waals surface area contributed by atoms with Crippen molar-refractivity contribution < 1.29 is 18.4 Å². The van der Waals surface area contributed by atoms with E-state index in [4.69, 9.17) is 0 Å². The highest BCUT2D eigenvalue weighted by molar-refractivity contribution is 6.01. The third-order valence-corrected chi connectivity index (χ3v) is 11.4. The van der Waals surface area contributed by atoms with Gasteiger partial charge in [0.2, 0.25) is 11.8 Å². The summed E-state index contributed by atoms with van der Waals surface area (Å²) in [6.07, 6.45) is 11.7. The van der Waals surface area contributed by atoms with E-state index < -0.39 is 11.6 Å².